The Bertz CT molecular complexity index is 1260. The van der Waals surface area contributed by atoms with Crippen molar-refractivity contribution >= 4 is 11.9 Å². The summed E-state index contributed by atoms with van der Waals surface area (Å²) in [4.78, 5) is 26.1. The predicted octanol–water partition coefficient (Wildman–Crippen LogP) is 15.7. The van der Waals surface area contributed by atoms with Crippen molar-refractivity contribution in [3.8, 4) is 0 Å². The molecule has 0 aliphatic heterocycles. The van der Waals surface area contributed by atoms with Crippen LogP contribution < -0.4 is 5.32 Å². The summed E-state index contributed by atoms with van der Waals surface area (Å²) in [7, 11) is 0. The number of hydrogen-bond donors (Lipinski definition) is 3. The molecule has 3 N–H and O–H groups in total. The molecule has 3 unspecified atom stereocenters. The van der Waals surface area contributed by atoms with Crippen molar-refractivity contribution in [2.75, 3.05) is 6.61 Å². The lowest BCUT2D eigenvalue weighted by Gasteiger charge is -2.24. The number of unbranched alkanes of at least 4 members (excludes halogenated alkanes) is 17. The number of nitrogens with one attached hydrogen (secondary N) is 1. The molecule has 0 aliphatic carbocycles. The topological polar surface area (TPSA) is 95.9 Å². The number of aliphatic hydroxyl groups excluding tert-OH is 2. The first-order chi connectivity index (χ1) is 31.0. The molecule has 6 nitrogen and oxygen atoms in total. The zero-order chi connectivity index (χ0) is 45.9. The van der Waals surface area contributed by atoms with Gasteiger partial charge in [0.2, 0.25) is 5.91 Å². The van der Waals surface area contributed by atoms with Gasteiger partial charge in [-0.2, -0.15) is 0 Å². The average molecular weight is 876 g/mol. The Labute approximate surface area is 388 Å². The van der Waals surface area contributed by atoms with Gasteiger partial charge >= 0.3 is 5.97 Å². The summed E-state index contributed by atoms with van der Waals surface area (Å²) >= 11 is 0. The van der Waals surface area contributed by atoms with Crippen LogP contribution in [0.15, 0.2) is 97.2 Å². The maximum atomic E-state index is 13.2. The minimum Gasteiger partial charge on any atom is -0.462 e. The fraction of sp³-hybridized carbons (Fsp3) is 0.684. The highest BCUT2D eigenvalue weighted by Crippen LogP contribution is 2.16. The molecule has 3 atom stereocenters. The Morgan fingerprint density at radius 1 is 0.476 bits per heavy atom. The molecule has 0 aromatic rings. The molecular formula is C57H97NO5. The number of rotatable bonds is 45. The van der Waals surface area contributed by atoms with E-state index in [-0.39, 0.29) is 31.3 Å². The van der Waals surface area contributed by atoms with Gasteiger partial charge in [0.1, 0.15) is 6.10 Å². The second-order valence-corrected chi connectivity index (χ2v) is 17.2. The second kappa shape index (κ2) is 49.8. The number of aliphatic hydroxyl groups is 2. The zero-order valence-corrected chi connectivity index (χ0v) is 40.9. The number of carbonyl (C=O) groups is 2. The van der Waals surface area contributed by atoms with E-state index in [0.29, 0.717) is 19.3 Å². The largest absolute Gasteiger partial charge is 0.462 e. The highest BCUT2D eigenvalue weighted by Gasteiger charge is 2.24. The van der Waals surface area contributed by atoms with E-state index in [9.17, 15) is 19.8 Å². The Balaban J connectivity index is 4.78. The number of carbonyl (C=O) groups excluding carboxylic acids is 2. The molecule has 0 aromatic heterocycles. The van der Waals surface area contributed by atoms with Crippen LogP contribution in [0.2, 0.25) is 0 Å². The van der Waals surface area contributed by atoms with Crippen molar-refractivity contribution in [1.82, 2.24) is 5.32 Å². The number of ether oxygens (including phenoxy) is 1. The van der Waals surface area contributed by atoms with Gasteiger partial charge in [-0.25, -0.2) is 0 Å². The summed E-state index contributed by atoms with van der Waals surface area (Å²) in [5.41, 5.74) is 0. The van der Waals surface area contributed by atoms with Crippen LogP contribution in [0.4, 0.5) is 0 Å². The van der Waals surface area contributed by atoms with Crippen LogP contribution in [0.3, 0.4) is 0 Å². The van der Waals surface area contributed by atoms with E-state index in [4.69, 9.17) is 4.74 Å². The maximum absolute atomic E-state index is 13.2. The van der Waals surface area contributed by atoms with Crippen LogP contribution in [-0.2, 0) is 14.3 Å². The molecule has 0 saturated carbocycles. The summed E-state index contributed by atoms with van der Waals surface area (Å²) < 4.78 is 5.88. The normalized spacial score (nSPS) is 14.0. The highest BCUT2D eigenvalue weighted by molar-refractivity contribution is 5.77. The molecule has 1 amide bonds. The van der Waals surface area contributed by atoms with E-state index in [1.807, 2.05) is 6.08 Å². The van der Waals surface area contributed by atoms with Gasteiger partial charge in [0.05, 0.1) is 25.2 Å². The Morgan fingerprint density at radius 3 is 1.33 bits per heavy atom. The Morgan fingerprint density at radius 2 is 0.857 bits per heavy atom. The summed E-state index contributed by atoms with van der Waals surface area (Å²) in [6.45, 7) is 6.30. The van der Waals surface area contributed by atoms with E-state index in [0.717, 1.165) is 96.3 Å². The first kappa shape index (κ1) is 59.8. The third kappa shape index (κ3) is 45.2. The molecule has 0 fully saturated rings. The molecule has 0 spiro atoms. The molecule has 0 aromatic carbocycles. The number of hydrogen-bond acceptors (Lipinski definition) is 5. The number of amides is 1. The zero-order valence-electron chi connectivity index (χ0n) is 40.9. The van der Waals surface area contributed by atoms with Gasteiger partial charge in [0, 0.05) is 6.42 Å². The van der Waals surface area contributed by atoms with Crippen molar-refractivity contribution in [3.63, 3.8) is 0 Å². The van der Waals surface area contributed by atoms with Crippen molar-refractivity contribution < 1.29 is 24.5 Å². The summed E-state index contributed by atoms with van der Waals surface area (Å²) in [6, 6.07) is -0.729. The quantitative estimate of drug-likeness (QED) is 0.0322. The lowest BCUT2D eigenvalue weighted by atomic mass is 10.0. The minimum atomic E-state index is -0.811. The van der Waals surface area contributed by atoms with Crippen molar-refractivity contribution in [1.29, 1.82) is 0 Å². The molecule has 6 heteroatoms. The molecule has 0 bridgehead atoms. The first-order valence-electron chi connectivity index (χ1n) is 26.0. The molecular weight excluding hydrogens is 779 g/mol. The van der Waals surface area contributed by atoms with Crippen LogP contribution in [-0.4, -0.2) is 46.9 Å². The fourth-order valence-electron chi connectivity index (χ4n) is 7.25. The monoisotopic (exact) mass is 876 g/mol. The van der Waals surface area contributed by atoms with Gasteiger partial charge < -0.3 is 20.3 Å². The third-order valence-electron chi connectivity index (χ3n) is 11.2. The molecule has 63 heavy (non-hydrogen) atoms. The lowest BCUT2D eigenvalue weighted by Crippen LogP contribution is -2.46. The van der Waals surface area contributed by atoms with Crippen LogP contribution >= 0.6 is 0 Å². The Kier molecular flexibility index (Phi) is 47.2. The molecule has 0 rings (SSSR count). The van der Waals surface area contributed by atoms with E-state index in [1.54, 1.807) is 0 Å². The van der Waals surface area contributed by atoms with Gasteiger partial charge in [-0.05, 0) is 96.3 Å². The lowest BCUT2D eigenvalue weighted by molar-refractivity contribution is -0.150. The molecule has 0 heterocycles. The minimum absolute atomic E-state index is 0.0278. The van der Waals surface area contributed by atoms with Crippen molar-refractivity contribution in [2.24, 2.45) is 0 Å². The van der Waals surface area contributed by atoms with E-state index in [2.05, 4.69) is 117 Å². The Hall–Kier alpha value is -3.22. The van der Waals surface area contributed by atoms with Crippen molar-refractivity contribution in [2.45, 2.75) is 244 Å². The van der Waals surface area contributed by atoms with Gasteiger partial charge in [0.15, 0.2) is 0 Å². The number of allylic oxidation sites excluding steroid dienone is 16. The van der Waals surface area contributed by atoms with E-state index in [1.165, 1.54) is 77.0 Å². The predicted molar refractivity (Wildman–Crippen MR) is 273 cm³/mol. The molecule has 360 valence electrons. The second-order valence-electron chi connectivity index (χ2n) is 17.2. The third-order valence-corrected chi connectivity index (χ3v) is 11.2. The van der Waals surface area contributed by atoms with Crippen LogP contribution in [0.5, 0.6) is 0 Å². The van der Waals surface area contributed by atoms with Gasteiger partial charge in [-0.3, -0.25) is 9.59 Å². The van der Waals surface area contributed by atoms with E-state index < -0.39 is 18.2 Å². The SMILES string of the molecule is CC/C=C/C/C=C/C/C=C/C/C=C/C/C=C/CCC(=O)OC(CCCCCC/C=C\C/C=C\C/C=C\CCCCC)CC(=O)NC(CO)C(O)CCCCCCCCCCCCC. The first-order valence-corrected chi connectivity index (χ1v) is 26.0. The summed E-state index contributed by atoms with van der Waals surface area (Å²) in [5.74, 6) is -0.601. The fourth-order valence-corrected chi connectivity index (χ4v) is 7.25. The van der Waals surface area contributed by atoms with Gasteiger partial charge in [0.25, 0.3) is 0 Å². The smallest absolute Gasteiger partial charge is 0.306 e. The standard InChI is InChI=1S/C57H97NO5/c1-4-7-10-13-16-19-22-24-26-28-29-31-34-36-39-42-45-48-53(63-57(62)50-47-44-41-38-35-32-30-27-25-23-20-17-14-11-8-5-2)51-56(61)58-54(52-59)55(60)49-46-43-40-37-33-21-18-15-12-9-6-3/h8,11,16-17,19-20,24-27,29,31-32,35,41,44,53-55,59-60H,4-7,9-10,12-15,18,21-23,28,30,33-34,36-40,42-43,45-52H2,1-3H3,(H,58,61)/b11-8+,19-16-,20-17+,26-24-,27-25+,31-29-,35-32+,44-41+. The van der Waals surface area contributed by atoms with Crippen LogP contribution in [0, 0.1) is 0 Å². The average Bonchev–Trinajstić information content (AvgIpc) is 3.28. The molecule has 0 radical (unpaired) electrons. The van der Waals surface area contributed by atoms with Gasteiger partial charge in [-0.1, -0.05) is 214 Å². The highest BCUT2D eigenvalue weighted by atomic mass is 16.5. The van der Waals surface area contributed by atoms with Crippen molar-refractivity contribution in [3.05, 3.63) is 97.2 Å². The maximum Gasteiger partial charge on any atom is 0.306 e. The molecule has 0 aliphatic rings. The molecule has 0 saturated heterocycles. The summed E-state index contributed by atoms with van der Waals surface area (Å²) in [5, 5.41) is 23.7. The number of esters is 1. The van der Waals surface area contributed by atoms with Crippen LogP contribution in [0.1, 0.15) is 226 Å². The van der Waals surface area contributed by atoms with Gasteiger partial charge in [-0.15, -0.1) is 0 Å². The van der Waals surface area contributed by atoms with E-state index >= 15 is 0 Å². The summed E-state index contributed by atoms with van der Waals surface area (Å²) in [6.07, 6.45) is 66.1. The van der Waals surface area contributed by atoms with Crippen LogP contribution in [0.25, 0.3) is 0 Å².